The van der Waals surface area contributed by atoms with Gasteiger partial charge in [-0.3, -0.25) is 14.5 Å². The zero-order valence-corrected chi connectivity index (χ0v) is 12.1. The number of amides is 1. The number of nitrogens with zero attached hydrogens (tertiary/aromatic N) is 1. The number of anilines is 1. The molecule has 1 aromatic carbocycles. The monoisotopic (exact) mass is 285 g/mol. The molecule has 3 aliphatic heterocycles. The molecule has 0 atom stereocenters. The topological polar surface area (TPSA) is 55.8 Å². The number of allylic oxidation sites excluding steroid dienone is 1. The van der Waals surface area contributed by atoms with Gasteiger partial charge in [0.25, 0.3) is 11.7 Å². The zero-order chi connectivity index (χ0) is 14.9. The number of ketones is 1. The van der Waals surface area contributed by atoms with Crippen LogP contribution in [0.2, 0.25) is 0 Å². The molecule has 0 aromatic heterocycles. The summed E-state index contributed by atoms with van der Waals surface area (Å²) in [6, 6.07) is 1.87. The normalized spacial score (nSPS) is 21.3. The maximum absolute atomic E-state index is 12.5. The average Bonchev–Trinajstić information content (AvgIpc) is 2.70. The molecule has 0 aliphatic carbocycles. The second-order valence-electron chi connectivity index (χ2n) is 6.12. The van der Waals surface area contributed by atoms with Crippen molar-refractivity contribution in [2.45, 2.75) is 26.3 Å². The highest BCUT2D eigenvalue weighted by atomic mass is 16.6. The summed E-state index contributed by atoms with van der Waals surface area (Å²) in [4.78, 5) is 26.5. The molecule has 1 amide bonds. The molecule has 3 heterocycles. The molecule has 0 unspecified atom stereocenters. The van der Waals surface area contributed by atoms with Crippen LogP contribution in [0.1, 0.15) is 36.7 Å². The predicted molar refractivity (Wildman–Crippen MR) is 77.0 cm³/mol. The van der Waals surface area contributed by atoms with Crippen LogP contribution in [-0.4, -0.2) is 30.4 Å². The fourth-order valence-corrected chi connectivity index (χ4v) is 3.45. The van der Waals surface area contributed by atoms with Crippen molar-refractivity contribution in [1.29, 1.82) is 0 Å². The zero-order valence-electron chi connectivity index (χ0n) is 12.1. The molecule has 4 rings (SSSR count). The first-order chi connectivity index (χ1) is 9.92. The van der Waals surface area contributed by atoms with E-state index in [4.69, 9.17) is 9.47 Å². The Bertz CT molecular complexity index is 745. The Morgan fingerprint density at radius 1 is 1.19 bits per heavy atom. The standard InChI is InChI=1S/C16H15NO4/c1-8-7-16(2,3)17-12-9(8)6-10-14(21-5-4-20-10)11(12)13(18)15(17)19/h6-7H,4-5H2,1-3H3. The smallest absolute Gasteiger partial charge is 0.300 e. The molecule has 5 heteroatoms. The molecule has 0 fully saturated rings. The Labute approximate surface area is 122 Å². The van der Waals surface area contributed by atoms with Crippen LogP contribution in [-0.2, 0) is 4.79 Å². The van der Waals surface area contributed by atoms with Crippen LogP contribution in [0.3, 0.4) is 0 Å². The fraction of sp³-hybridized carbons (Fsp3) is 0.375. The Kier molecular flexibility index (Phi) is 2.17. The average molecular weight is 285 g/mol. The third kappa shape index (κ3) is 1.41. The van der Waals surface area contributed by atoms with Crippen molar-refractivity contribution in [2.24, 2.45) is 0 Å². The quantitative estimate of drug-likeness (QED) is 0.686. The van der Waals surface area contributed by atoms with E-state index in [9.17, 15) is 9.59 Å². The van der Waals surface area contributed by atoms with E-state index < -0.39 is 17.2 Å². The number of hydrogen-bond donors (Lipinski definition) is 0. The van der Waals surface area contributed by atoms with Gasteiger partial charge >= 0.3 is 0 Å². The molecule has 0 saturated carbocycles. The molecule has 108 valence electrons. The lowest BCUT2D eigenvalue weighted by Crippen LogP contribution is -2.47. The van der Waals surface area contributed by atoms with Gasteiger partial charge in [-0.05, 0) is 32.4 Å². The summed E-state index contributed by atoms with van der Waals surface area (Å²) in [5.41, 5.74) is 2.39. The number of hydrogen-bond acceptors (Lipinski definition) is 4. The minimum Gasteiger partial charge on any atom is -0.486 e. The van der Waals surface area contributed by atoms with Gasteiger partial charge in [0.1, 0.15) is 13.2 Å². The molecule has 1 aromatic rings. The first-order valence-corrected chi connectivity index (χ1v) is 6.97. The third-order valence-electron chi connectivity index (χ3n) is 4.22. The second-order valence-corrected chi connectivity index (χ2v) is 6.12. The van der Waals surface area contributed by atoms with Crippen LogP contribution in [0.25, 0.3) is 5.57 Å². The molecule has 0 radical (unpaired) electrons. The van der Waals surface area contributed by atoms with Crippen LogP contribution in [0.15, 0.2) is 12.1 Å². The summed E-state index contributed by atoms with van der Waals surface area (Å²) in [5, 5.41) is 0. The summed E-state index contributed by atoms with van der Waals surface area (Å²) in [6.45, 7) is 6.68. The number of carbonyl (C=O) groups excluding carboxylic acids is 2. The van der Waals surface area contributed by atoms with Crippen molar-refractivity contribution in [3.05, 3.63) is 23.3 Å². The lowest BCUT2D eigenvalue weighted by Gasteiger charge is -2.38. The van der Waals surface area contributed by atoms with Gasteiger partial charge in [0.2, 0.25) is 0 Å². The molecule has 21 heavy (non-hydrogen) atoms. The van der Waals surface area contributed by atoms with E-state index in [0.29, 0.717) is 36.0 Å². The van der Waals surface area contributed by atoms with Gasteiger partial charge in [-0.15, -0.1) is 0 Å². The van der Waals surface area contributed by atoms with Crippen molar-refractivity contribution in [2.75, 3.05) is 18.1 Å². The van der Waals surface area contributed by atoms with E-state index in [1.54, 1.807) is 4.90 Å². The van der Waals surface area contributed by atoms with E-state index in [2.05, 4.69) is 0 Å². The lowest BCUT2D eigenvalue weighted by atomic mass is 9.88. The van der Waals surface area contributed by atoms with Gasteiger partial charge in [-0.1, -0.05) is 6.08 Å². The summed E-state index contributed by atoms with van der Waals surface area (Å²) in [7, 11) is 0. The van der Waals surface area contributed by atoms with Gasteiger partial charge in [0, 0.05) is 5.56 Å². The molecule has 0 N–H and O–H groups in total. The van der Waals surface area contributed by atoms with Crippen LogP contribution in [0.4, 0.5) is 5.69 Å². The van der Waals surface area contributed by atoms with E-state index in [0.717, 1.165) is 11.1 Å². The Balaban J connectivity index is 2.11. The van der Waals surface area contributed by atoms with Crippen LogP contribution in [0.5, 0.6) is 11.5 Å². The molecule has 5 nitrogen and oxygen atoms in total. The van der Waals surface area contributed by atoms with Gasteiger partial charge in [-0.2, -0.15) is 0 Å². The van der Waals surface area contributed by atoms with Crippen LogP contribution in [0, 0.1) is 0 Å². The Morgan fingerprint density at radius 3 is 2.67 bits per heavy atom. The second kappa shape index (κ2) is 3.67. The number of Topliss-reactive ketones (excluding diaryl/α,β-unsaturated/α-hetero) is 1. The maximum Gasteiger partial charge on any atom is 0.300 e. The van der Waals surface area contributed by atoms with Crippen LogP contribution >= 0.6 is 0 Å². The third-order valence-corrected chi connectivity index (χ3v) is 4.22. The number of ether oxygens (including phenoxy) is 2. The minimum atomic E-state index is -0.529. The van der Waals surface area contributed by atoms with E-state index in [1.807, 2.05) is 32.9 Å². The molecule has 0 spiro atoms. The molecule has 3 aliphatic rings. The van der Waals surface area contributed by atoms with E-state index in [-0.39, 0.29) is 0 Å². The Hall–Kier alpha value is -2.30. The van der Waals surface area contributed by atoms with Crippen molar-refractivity contribution in [3.8, 4) is 11.5 Å². The summed E-state index contributed by atoms with van der Waals surface area (Å²) < 4.78 is 11.2. The number of rotatable bonds is 0. The summed E-state index contributed by atoms with van der Waals surface area (Å²) in [6.07, 6.45) is 2.01. The highest BCUT2D eigenvalue weighted by Gasteiger charge is 2.49. The predicted octanol–water partition coefficient (Wildman–Crippen LogP) is 2.18. The first-order valence-electron chi connectivity index (χ1n) is 6.97. The lowest BCUT2D eigenvalue weighted by molar-refractivity contribution is -0.115. The molecular weight excluding hydrogens is 270 g/mol. The first kappa shape index (κ1) is 12.4. The fourth-order valence-electron chi connectivity index (χ4n) is 3.45. The highest BCUT2D eigenvalue weighted by Crippen LogP contribution is 2.52. The van der Waals surface area contributed by atoms with Gasteiger partial charge in [0.05, 0.1) is 16.8 Å². The van der Waals surface area contributed by atoms with E-state index in [1.165, 1.54) is 0 Å². The highest BCUT2D eigenvalue weighted by molar-refractivity contribution is 6.54. The number of fused-ring (bicyclic) bond motifs is 2. The van der Waals surface area contributed by atoms with Gasteiger partial charge < -0.3 is 9.47 Å². The Morgan fingerprint density at radius 2 is 1.90 bits per heavy atom. The maximum atomic E-state index is 12.5. The summed E-state index contributed by atoms with van der Waals surface area (Å²) in [5.74, 6) is -0.0517. The van der Waals surface area contributed by atoms with Crippen molar-refractivity contribution in [3.63, 3.8) is 0 Å². The van der Waals surface area contributed by atoms with Crippen molar-refractivity contribution < 1.29 is 19.1 Å². The van der Waals surface area contributed by atoms with E-state index >= 15 is 0 Å². The largest absolute Gasteiger partial charge is 0.486 e. The molecule has 0 bridgehead atoms. The molecule has 0 saturated heterocycles. The number of benzene rings is 1. The van der Waals surface area contributed by atoms with Gasteiger partial charge in [0.15, 0.2) is 11.5 Å². The number of carbonyl (C=O) groups is 2. The summed E-state index contributed by atoms with van der Waals surface area (Å²) >= 11 is 0. The van der Waals surface area contributed by atoms with Gasteiger partial charge in [-0.25, -0.2) is 0 Å². The SMILES string of the molecule is CC1=CC(C)(C)N2C(=O)C(=O)c3c4c(cc1c32)OCCO4. The van der Waals surface area contributed by atoms with Crippen LogP contribution < -0.4 is 14.4 Å². The van der Waals surface area contributed by atoms with Crippen molar-refractivity contribution >= 4 is 23.0 Å². The minimum absolute atomic E-state index is 0.354. The van der Waals surface area contributed by atoms with Crippen molar-refractivity contribution in [1.82, 2.24) is 0 Å². The molecular formula is C16H15NO4.